The van der Waals surface area contributed by atoms with Gasteiger partial charge in [-0.2, -0.15) is 4.98 Å². The number of aliphatic hydroxyl groups excluding tert-OH is 1. The highest BCUT2D eigenvalue weighted by Crippen LogP contribution is 2.20. The number of aromatic amines is 1. The van der Waals surface area contributed by atoms with Crippen molar-refractivity contribution in [2.24, 2.45) is 0 Å². The van der Waals surface area contributed by atoms with Gasteiger partial charge in [-0.15, -0.1) is 0 Å². The molecule has 2 atom stereocenters. The van der Waals surface area contributed by atoms with Crippen LogP contribution in [0.3, 0.4) is 0 Å². The van der Waals surface area contributed by atoms with E-state index in [1.54, 1.807) is 0 Å². The van der Waals surface area contributed by atoms with Gasteiger partial charge in [-0.3, -0.25) is 14.6 Å². The molecule has 0 fully saturated rings. The number of H-pyrrole nitrogens is 1. The van der Waals surface area contributed by atoms with Crippen LogP contribution in [0.2, 0.25) is 0 Å². The Morgan fingerprint density at radius 1 is 1.65 bits per heavy atom. The Hall–Kier alpha value is -2.09. The molecule has 6 N–H and O–H groups in total. The normalized spacial score (nSPS) is 19.8. The zero-order valence-corrected chi connectivity index (χ0v) is 9.15. The molecule has 0 aromatic carbocycles. The predicted octanol–water partition coefficient (Wildman–Crippen LogP) is -1.49. The highest BCUT2D eigenvalue weighted by Gasteiger charge is 2.28. The van der Waals surface area contributed by atoms with Crippen LogP contribution in [-0.2, 0) is 4.79 Å². The summed E-state index contributed by atoms with van der Waals surface area (Å²) in [6.07, 6.45) is -1.09. The molecule has 0 saturated carbocycles. The molecule has 8 heteroatoms. The van der Waals surface area contributed by atoms with Crippen molar-refractivity contribution < 1.29 is 9.90 Å². The SMILES string of the molecule is CC(O)C(=O)C1CNc2nc(N)[nH]c(=O)c2N1. The number of nitrogen functional groups attached to an aromatic ring is 1. The van der Waals surface area contributed by atoms with E-state index in [2.05, 4.69) is 20.6 Å². The summed E-state index contributed by atoms with van der Waals surface area (Å²) < 4.78 is 0. The lowest BCUT2D eigenvalue weighted by Crippen LogP contribution is -2.45. The number of carbonyl (C=O) groups is 1. The van der Waals surface area contributed by atoms with Crippen molar-refractivity contribution in [3.63, 3.8) is 0 Å². The quantitative estimate of drug-likeness (QED) is 0.424. The molecule has 0 amide bonds. The number of hydrogen-bond donors (Lipinski definition) is 5. The van der Waals surface area contributed by atoms with Gasteiger partial charge in [0.05, 0.1) is 0 Å². The number of nitrogens with one attached hydrogen (secondary N) is 3. The van der Waals surface area contributed by atoms with Gasteiger partial charge in [-0.1, -0.05) is 0 Å². The molecule has 2 unspecified atom stereocenters. The lowest BCUT2D eigenvalue weighted by molar-refractivity contribution is -0.126. The maximum atomic E-state index is 11.6. The van der Waals surface area contributed by atoms with Crippen LogP contribution in [0.25, 0.3) is 0 Å². The van der Waals surface area contributed by atoms with Gasteiger partial charge in [0.15, 0.2) is 11.6 Å². The molecule has 8 nitrogen and oxygen atoms in total. The van der Waals surface area contributed by atoms with Crippen LogP contribution in [0.1, 0.15) is 6.92 Å². The molecule has 1 aromatic heterocycles. The van der Waals surface area contributed by atoms with Gasteiger partial charge < -0.3 is 21.5 Å². The Labute approximate surface area is 96.2 Å². The first-order chi connectivity index (χ1) is 7.99. The van der Waals surface area contributed by atoms with E-state index in [-0.39, 0.29) is 24.0 Å². The van der Waals surface area contributed by atoms with E-state index in [1.165, 1.54) is 6.92 Å². The van der Waals surface area contributed by atoms with E-state index >= 15 is 0 Å². The molecule has 2 heterocycles. The molecule has 17 heavy (non-hydrogen) atoms. The zero-order valence-electron chi connectivity index (χ0n) is 9.15. The van der Waals surface area contributed by atoms with Gasteiger partial charge in [0.1, 0.15) is 17.8 Å². The average molecular weight is 239 g/mol. The highest BCUT2D eigenvalue weighted by atomic mass is 16.3. The number of nitrogens with zero attached hydrogens (tertiary/aromatic N) is 1. The largest absolute Gasteiger partial charge is 0.386 e. The number of ketones is 1. The molecule has 0 aliphatic carbocycles. The topological polar surface area (TPSA) is 133 Å². The van der Waals surface area contributed by atoms with Gasteiger partial charge >= 0.3 is 0 Å². The van der Waals surface area contributed by atoms with E-state index in [0.29, 0.717) is 5.82 Å². The van der Waals surface area contributed by atoms with Crippen LogP contribution in [-0.4, -0.2) is 39.5 Å². The maximum Gasteiger partial charge on any atom is 0.277 e. The second kappa shape index (κ2) is 4.06. The fourth-order valence-electron chi connectivity index (χ4n) is 1.64. The Bertz CT molecular complexity index is 510. The number of hydrogen-bond acceptors (Lipinski definition) is 7. The number of fused-ring (bicyclic) bond motifs is 1. The molecular weight excluding hydrogens is 226 g/mol. The summed E-state index contributed by atoms with van der Waals surface area (Å²) in [5, 5.41) is 14.8. The molecule has 2 rings (SSSR count). The molecule has 0 bridgehead atoms. The lowest BCUT2D eigenvalue weighted by Gasteiger charge is -2.26. The van der Waals surface area contributed by atoms with E-state index in [4.69, 9.17) is 5.73 Å². The Kier molecular flexibility index (Phi) is 2.72. The fourth-order valence-corrected chi connectivity index (χ4v) is 1.64. The molecule has 92 valence electrons. The summed E-state index contributed by atoms with van der Waals surface area (Å²) in [4.78, 5) is 29.4. The van der Waals surface area contributed by atoms with Crippen molar-refractivity contribution in [2.75, 3.05) is 22.9 Å². The van der Waals surface area contributed by atoms with Crippen LogP contribution < -0.4 is 21.9 Å². The van der Waals surface area contributed by atoms with Crippen molar-refractivity contribution in [1.82, 2.24) is 9.97 Å². The molecular formula is C9H13N5O3. The number of aromatic nitrogens is 2. The second-order valence-corrected chi connectivity index (χ2v) is 3.83. The number of carbonyl (C=O) groups excluding carboxylic acids is 1. The summed E-state index contributed by atoms with van der Waals surface area (Å²) in [6.45, 7) is 1.62. The molecule has 1 aliphatic rings. The fraction of sp³-hybridized carbons (Fsp3) is 0.444. The number of aliphatic hydroxyl groups is 1. The van der Waals surface area contributed by atoms with Crippen molar-refractivity contribution in [2.45, 2.75) is 19.1 Å². The molecule has 0 saturated heterocycles. The van der Waals surface area contributed by atoms with Crippen molar-refractivity contribution in [1.29, 1.82) is 0 Å². The van der Waals surface area contributed by atoms with E-state index in [0.717, 1.165) is 0 Å². The summed E-state index contributed by atoms with van der Waals surface area (Å²) in [6, 6.07) is -0.658. The van der Waals surface area contributed by atoms with E-state index < -0.39 is 17.7 Å². The maximum absolute atomic E-state index is 11.6. The first-order valence-corrected chi connectivity index (χ1v) is 5.11. The standard InChI is InChI=1S/C9H13N5O3/c1-3(15)6(16)4-2-11-7-5(12-4)8(17)14-9(10)13-7/h3-4,12,15H,2H2,1H3,(H4,10,11,13,14,17). The number of anilines is 3. The second-order valence-electron chi connectivity index (χ2n) is 3.83. The molecule has 0 radical (unpaired) electrons. The minimum Gasteiger partial charge on any atom is -0.386 e. The van der Waals surface area contributed by atoms with Crippen molar-refractivity contribution in [3.05, 3.63) is 10.4 Å². The minimum atomic E-state index is -1.09. The Morgan fingerprint density at radius 3 is 3.00 bits per heavy atom. The van der Waals surface area contributed by atoms with Crippen LogP contribution in [0.4, 0.5) is 17.5 Å². The minimum absolute atomic E-state index is 0.00310. The van der Waals surface area contributed by atoms with Crippen LogP contribution in [0.15, 0.2) is 4.79 Å². The van der Waals surface area contributed by atoms with Crippen LogP contribution >= 0.6 is 0 Å². The predicted molar refractivity (Wildman–Crippen MR) is 61.9 cm³/mol. The number of rotatable bonds is 2. The molecule has 1 aliphatic heterocycles. The van der Waals surface area contributed by atoms with Gasteiger partial charge in [-0.25, -0.2) is 0 Å². The van der Waals surface area contributed by atoms with Crippen molar-refractivity contribution in [3.8, 4) is 0 Å². The highest BCUT2D eigenvalue weighted by molar-refractivity contribution is 5.92. The van der Waals surface area contributed by atoms with Crippen molar-refractivity contribution >= 4 is 23.2 Å². The number of Topliss-reactive ketones (excluding diaryl/α,β-unsaturated/α-hetero) is 1. The third kappa shape index (κ3) is 2.07. The Balaban J connectivity index is 2.31. The number of nitrogens with two attached hydrogens (primary N) is 1. The van der Waals surface area contributed by atoms with Crippen LogP contribution in [0, 0.1) is 0 Å². The average Bonchev–Trinajstić information content (AvgIpc) is 2.27. The zero-order chi connectivity index (χ0) is 12.6. The van der Waals surface area contributed by atoms with Gasteiger partial charge in [0.25, 0.3) is 5.56 Å². The molecule has 1 aromatic rings. The summed E-state index contributed by atoms with van der Waals surface area (Å²) >= 11 is 0. The van der Waals surface area contributed by atoms with Gasteiger partial charge in [0.2, 0.25) is 5.95 Å². The third-order valence-corrected chi connectivity index (χ3v) is 2.49. The monoisotopic (exact) mass is 239 g/mol. The van der Waals surface area contributed by atoms with Gasteiger partial charge in [0, 0.05) is 6.54 Å². The summed E-state index contributed by atoms with van der Waals surface area (Å²) in [5.41, 5.74) is 5.09. The summed E-state index contributed by atoms with van der Waals surface area (Å²) in [5.74, 6) is -0.0800. The first kappa shape index (κ1) is 11.4. The lowest BCUT2D eigenvalue weighted by atomic mass is 10.1. The molecule has 0 spiro atoms. The van der Waals surface area contributed by atoms with E-state index in [1.807, 2.05) is 0 Å². The van der Waals surface area contributed by atoms with Crippen LogP contribution in [0.5, 0.6) is 0 Å². The van der Waals surface area contributed by atoms with Gasteiger partial charge in [-0.05, 0) is 6.92 Å². The smallest absolute Gasteiger partial charge is 0.277 e. The first-order valence-electron chi connectivity index (χ1n) is 5.11. The third-order valence-electron chi connectivity index (χ3n) is 2.49. The Morgan fingerprint density at radius 2 is 2.35 bits per heavy atom. The van der Waals surface area contributed by atoms with E-state index in [9.17, 15) is 14.7 Å². The summed E-state index contributed by atoms with van der Waals surface area (Å²) in [7, 11) is 0.